The molecule has 16 heavy (non-hydrogen) atoms. The van der Waals surface area contributed by atoms with Gasteiger partial charge in [-0.2, -0.15) is 0 Å². The van der Waals surface area contributed by atoms with Gasteiger partial charge in [-0.25, -0.2) is 8.78 Å². The van der Waals surface area contributed by atoms with E-state index in [2.05, 4.69) is 5.32 Å². The molecule has 4 heteroatoms. The smallest absolute Gasteiger partial charge is 0.248 e. The highest BCUT2D eigenvalue weighted by atomic mass is 35.5. The fraction of sp³-hybridized carbons (Fsp3) is 0.500. The summed E-state index contributed by atoms with van der Waals surface area (Å²) in [7, 11) is 0. The highest BCUT2D eigenvalue weighted by molar-refractivity contribution is 6.30. The molecule has 1 saturated heterocycles. The van der Waals surface area contributed by atoms with Crippen LogP contribution in [0, 0.1) is 0 Å². The standard InChI is InChI=1S/C12H14ClF2N/c13-10-3-1-9(2-4-10)12(11(14)15)5-7-16-8-6-12/h1-4,11,16H,5-8H2. The van der Waals surface area contributed by atoms with Crippen molar-refractivity contribution >= 4 is 11.6 Å². The minimum absolute atomic E-state index is 0.478. The third-order valence-corrected chi connectivity index (χ3v) is 3.58. The molecule has 1 aromatic rings. The fourth-order valence-corrected chi connectivity index (χ4v) is 2.41. The van der Waals surface area contributed by atoms with Crippen molar-refractivity contribution in [1.29, 1.82) is 0 Å². The largest absolute Gasteiger partial charge is 0.317 e. The maximum Gasteiger partial charge on any atom is 0.248 e. The Kier molecular flexibility index (Phi) is 3.45. The maximum absolute atomic E-state index is 13.3. The van der Waals surface area contributed by atoms with E-state index in [9.17, 15) is 8.78 Å². The Balaban J connectivity index is 2.34. The second kappa shape index (κ2) is 4.68. The van der Waals surface area contributed by atoms with Gasteiger partial charge in [-0.3, -0.25) is 0 Å². The van der Waals surface area contributed by atoms with Gasteiger partial charge in [0.15, 0.2) is 0 Å². The molecule has 0 bridgehead atoms. The normalized spacial score (nSPS) is 20.0. The van der Waals surface area contributed by atoms with Crippen molar-refractivity contribution in [2.24, 2.45) is 0 Å². The Bertz CT molecular complexity index is 345. The van der Waals surface area contributed by atoms with E-state index in [1.54, 1.807) is 24.3 Å². The Morgan fingerprint density at radius 3 is 2.19 bits per heavy atom. The quantitative estimate of drug-likeness (QED) is 0.844. The summed E-state index contributed by atoms with van der Waals surface area (Å²) in [5, 5.41) is 3.70. The number of halogens is 3. The topological polar surface area (TPSA) is 12.0 Å². The van der Waals surface area contributed by atoms with Crippen molar-refractivity contribution < 1.29 is 8.78 Å². The van der Waals surface area contributed by atoms with Crippen LogP contribution in [-0.2, 0) is 5.41 Å². The average molecular weight is 246 g/mol. The van der Waals surface area contributed by atoms with Crippen LogP contribution < -0.4 is 5.32 Å². The van der Waals surface area contributed by atoms with Crippen LogP contribution in [0.25, 0.3) is 0 Å². The lowest BCUT2D eigenvalue weighted by Crippen LogP contribution is -2.44. The van der Waals surface area contributed by atoms with Gasteiger partial charge in [0.2, 0.25) is 6.43 Å². The molecule has 1 nitrogen and oxygen atoms in total. The molecule has 0 aliphatic carbocycles. The van der Waals surface area contributed by atoms with Gasteiger partial charge in [0.1, 0.15) is 0 Å². The lowest BCUT2D eigenvalue weighted by molar-refractivity contribution is 0.0296. The first-order chi connectivity index (χ1) is 7.65. The number of piperidine rings is 1. The van der Waals surface area contributed by atoms with Gasteiger partial charge < -0.3 is 5.32 Å². The molecule has 0 saturated carbocycles. The molecule has 1 aromatic carbocycles. The van der Waals surface area contributed by atoms with Crippen molar-refractivity contribution in [3.05, 3.63) is 34.9 Å². The number of nitrogens with one attached hydrogen (secondary N) is 1. The molecule has 0 amide bonds. The summed E-state index contributed by atoms with van der Waals surface area (Å²) >= 11 is 5.78. The summed E-state index contributed by atoms with van der Waals surface area (Å²) < 4.78 is 26.6. The molecule has 1 N–H and O–H groups in total. The zero-order valence-corrected chi connectivity index (χ0v) is 9.61. The molecule has 0 spiro atoms. The SMILES string of the molecule is FC(F)C1(c2ccc(Cl)cc2)CCNCC1. The Morgan fingerprint density at radius 2 is 1.69 bits per heavy atom. The number of rotatable bonds is 2. The van der Waals surface area contributed by atoms with Crippen LogP contribution >= 0.6 is 11.6 Å². The van der Waals surface area contributed by atoms with Gasteiger partial charge in [0.05, 0.1) is 5.41 Å². The number of hydrogen-bond donors (Lipinski definition) is 1. The predicted octanol–water partition coefficient (Wildman–Crippen LogP) is 3.23. The number of alkyl halides is 2. The van der Waals surface area contributed by atoms with Crippen molar-refractivity contribution in [3.8, 4) is 0 Å². The van der Waals surface area contributed by atoms with Crippen LogP contribution in [0.2, 0.25) is 5.02 Å². The van der Waals surface area contributed by atoms with Gasteiger partial charge in [-0.15, -0.1) is 0 Å². The van der Waals surface area contributed by atoms with E-state index in [-0.39, 0.29) is 0 Å². The minimum Gasteiger partial charge on any atom is -0.317 e. The van der Waals surface area contributed by atoms with E-state index in [4.69, 9.17) is 11.6 Å². The van der Waals surface area contributed by atoms with Crippen LogP contribution in [0.1, 0.15) is 18.4 Å². The second-order valence-electron chi connectivity index (χ2n) is 4.21. The van der Waals surface area contributed by atoms with Crippen molar-refractivity contribution in [3.63, 3.8) is 0 Å². The summed E-state index contributed by atoms with van der Waals surface area (Å²) in [5.41, 5.74) is -0.288. The molecule has 2 rings (SSSR count). The van der Waals surface area contributed by atoms with E-state index >= 15 is 0 Å². The lowest BCUT2D eigenvalue weighted by atomic mass is 9.73. The van der Waals surface area contributed by atoms with Gasteiger partial charge in [0, 0.05) is 5.02 Å². The monoisotopic (exact) mass is 245 g/mol. The molecule has 0 unspecified atom stereocenters. The zero-order valence-electron chi connectivity index (χ0n) is 8.85. The number of hydrogen-bond acceptors (Lipinski definition) is 1. The van der Waals surface area contributed by atoms with Gasteiger partial charge in [0.25, 0.3) is 0 Å². The van der Waals surface area contributed by atoms with Crippen LogP contribution in [0.3, 0.4) is 0 Å². The lowest BCUT2D eigenvalue weighted by Gasteiger charge is -2.37. The highest BCUT2D eigenvalue weighted by Crippen LogP contribution is 2.39. The van der Waals surface area contributed by atoms with E-state index in [1.807, 2.05) is 0 Å². The van der Waals surface area contributed by atoms with Crippen LogP contribution in [0.5, 0.6) is 0 Å². The molecular weight excluding hydrogens is 232 g/mol. The Labute approximate surface area is 98.8 Å². The molecular formula is C12H14ClF2N. The first kappa shape index (κ1) is 11.8. The first-order valence-corrected chi connectivity index (χ1v) is 5.78. The predicted molar refractivity (Wildman–Crippen MR) is 61.2 cm³/mol. The van der Waals surface area contributed by atoms with Crippen LogP contribution in [-0.4, -0.2) is 19.5 Å². The highest BCUT2D eigenvalue weighted by Gasteiger charge is 2.42. The maximum atomic E-state index is 13.3. The molecule has 1 aliphatic rings. The summed E-state index contributed by atoms with van der Waals surface area (Å²) in [4.78, 5) is 0. The van der Waals surface area contributed by atoms with Crippen LogP contribution in [0.15, 0.2) is 24.3 Å². The average Bonchev–Trinajstić information content (AvgIpc) is 2.30. The summed E-state index contributed by atoms with van der Waals surface area (Å²) in [6.45, 7) is 1.29. The van der Waals surface area contributed by atoms with E-state index in [0.29, 0.717) is 36.5 Å². The van der Waals surface area contributed by atoms with Gasteiger partial charge in [-0.05, 0) is 43.6 Å². The molecule has 1 aliphatic heterocycles. The van der Waals surface area contributed by atoms with Crippen LogP contribution in [0.4, 0.5) is 8.78 Å². The molecule has 0 atom stereocenters. The van der Waals surface area contributed by atoms with Crippen molar-refractivity contribution in [2.75, 3.05) is 13.1 Å². The molecule has 1 heterocycles. The Morgan fingerprint density at radius 1 is 1.12 bits per heavy atom. The third-order valence-electron chi connectivity index (χ3n) is 3.33. The van der Waals surface area contributed by atoms with E-state index < -0.39 is 11.8 Å². The van der Waals surface area contributed by atoms with Crippen molar-refractivity contribution in [2.45, 2.75) is 24.7 Å². The summed E-state index contributed by atoms with van der Waals surface area (Å²) in [6, 6.07) is 6.81. The molecule has 88 valence electrons. The molecule has 0 aromatic heterocycles. The second-order valence-corrected chi connectivity index (χ2v) is 4.65. The zero-order chi connectivity index (χ0) is 11.6. The number of benzene rings is 1. The first-order valence-electron chi connectivity index (χ1n) is 5.40. The van der Waals surface area contributed by atoms with Gasteiger partial charge in [-0.1, -0.05) is 23.7 Å². The molecule has 0 radical (unpaired) electrons. The summed E-state index contributed by atoms with van der Waals surface area (Å²) in [6.07, 6.45) is -1.37. The fourth-order valence-electron chi connectivity index (χ4n) is 2.29. The van der Waals surface area contributed by atoms with Crippen molar-refractivity contribution in [1.82, 2.24) is 5.32 Å². The third kappa shape index (κ3) is 2.06. The molecule has 1 fully saturated rings. The minimum atomic E-state index is -2.32. The van der Waals surface area contributed by atoms with Gasteiger partial charge >= 0.3 is 0 Å². The van der Waals surface area contributed by atoms with E-state index in [1.165, 1.54) is 0 Å². The Hall–Kier alpha value is -0.670. The van der Waals surface area contributed by atoms with E-state index in [0.717, 1.165) is 0 Å². The summed E-state index contributed by atoms with van der Waals surface area (Å²) in [5.74, 6) is 0.